The number of ether oxygens (including phenoxy) is 1. The van der Waals surface area contributed by atoms with Crippen LogP contribution in [0, 0.1) is 0 Å². The lowest BCUT2D eigenvalue weighted by Gasteiger charge is -2.08. The van der Waals surface area contributed by atoms with E-state index in [1.54, 1.807) is 48.8 Å². The van der Waals surface area contributed by atoms with Crippen molar-refractivity contribution in [2.24, 2.45) is 0 Å². The van der Waals surface area contributed by atoms with Gasteiger partial charge in [-0.15, -0.1) is 0 Å². The van der Waals surface area contributed by atoms with E-state index in [9.17, 15) is 9.59 Å². The number of nitrogens with zero attached hydrogens (tertiary/aromatic N) is 3. The van der Waals surface area contributed by atoms with Gasteiger partial charge in [-0.1, -0.05) is 18.2 Å². The number of nitrogens with one attached hydrogen (secondary N) is 2. The summed E-state index contributed by atoms with van der Waals surface area (Å²) in [7, 11) is 0. The molecule has 1 aromatic carbocycles. The molecule has 0 unspecified atom stereocenters. The van der Waals surface area contributed by atoms with Crippen molar-refractivity contribution in [1.82, 2.24) is 25.3 Å². The zero-order valence-electron chi connectivity index (χ0n) is 15.3. The lowest BCUT2D eigenvalue weighted by molar-refractivity contribution is 0.0940. The van der Waals surface area contributed by atoms with E-state index >= 15 is 0 Å². The molecule has 3 aromatic heterocycles. The number of para-hydroxylation sites is 1. The fourth-order valence-corrected chi connectivity index (χ4v) is 2.73. The molecule has 0 atom stereocenters. The van der Waals surface area contributed by atoms with Gasteiger partial charge in [0.2, 0.25) is 5.88 Å². The number of benzene rings is 1. The van der Waals surface area contributed by atoms with Crippen molar-refractivity contribution >= 4 is 16.8 Å². The number of aromatic nitrogens is 4. The molecule has 3 heterocycles. The molecule has 0 aliphatic rings. The number of hydrogen-bond donors (Lipinski definition) is 2. The summed E-state index contributed by atoms with van der Waals surface area (Å²) in [5, 5.41) is 3.18. The maximum Gasteiger partial charge on any atom is 0.287 e. The largest absolute Gasteiger partial charge is 0.471 e. The zero-order chi connectivity index (χ0) is 20.1. The summed E-state index contributed by atoms with van der Waals surface area (Å²) in [6.07, 6.45) is 3.30. The lowest BCUT2D eigenvalue weighted by Crippen LogP contribution is -2.27. The highest BCUT2D eigenvalue weighted by atomic mass is 16.5. The number of pyridine rings is 2. The Labute approximate surface area is 165 Å². The topological polar surface area (TPSA) is 110 Å². The monoisotopic (exact) mass is 387 g/mol. The second kappa shape index (κ2) is 8.30. The first-order valence-corrected chi connectivity index (χ1v) is 8.94. The summed E-state index contributed by atoms with van der Waals surface area (Å²) < 4.78 is 5.64. The van der Waals surface area contributed by atoms with Crippen LogP contribution >= 0.6 is 0 Å². The van der Waals surface area contributed by atoms with Crippen LogP contribution in [0.15, 0.2) is 71.8 Å². The molecule has 29 heavy (non-hydrogen) atoms. The van der Waals surface area contributed by atoms with Gasteiger partial charge in [0.25, 0.3) is 11.5 Å². The van der Waals surface area contributed by atoms with E-state index in [0.29, 0.717) is 23.4 Å². The van der Waals surface area contributed by atoms with Crippen LogP contribution in [0.5, 0.6) is 5.88 Å². The Kier molecular flexibility index (Phi) is 5.24. The molecule has 2 N–H and O–H groups in total. The van der Waals surface area contributed by atoms with Crippen LogP contribution < -0.4 is 15.6 Å². The number of aromatic amines is 1. The van der Waals surface area contributed by atoms with Crippen molar-refractivity contribution in [3.63, 3.8) is 0 Å². The van der Waals surface area contributed by atoms with Gasteiger partial charge in [0.15, 0.2) is 5.82 Å². The standard InChI is InChI=1S/C21H17N5O3/c27-20-16-6-1-2-7-17(16)25-19(26-20)21(28)24-12-14-8-10-23-18(11-14)29-13-15-5-3-4-9-22-15/h1-11H,12-13H2,(H,24,28)(H,25,26,27). The van der Waals surface area contributed by atoms with Crippen LogP contribution in [0.1, 0.15) is 21.9 Å². The van der Waals surface area contributed by atoms with Gasteiger partial charge in [-0.3, -0.25) is 14.6 Å². The Hall–Kier alpha value is -4.07. The maximum atomic E-state index is 12.4. The lowest BCUT2D eigenvalue weighted by atomic mass is 10.2. The molecule has 0 aliphatic heterocycles. The number of amides is 1. The predicted octanol–water partition coefficient (Wildman–Crippen LogP) is 2.22. The van der Waals surface area contributed by atoms with E-state index in [4.69, 9.17) is 4.74 Å². The van der Waals surface area contributed by atoms with E-state index in [1.165, 1.54) is 0 Å². The maximum absolute atomic E-state index is 12.4. The van der Waals surface area contributed by atoms with Crippen molar-refractivity contribution in [3.8, 4) is 5.88 Å². The molecule has 0 spiro atoms. The molecule has 144 valence electrons. The second-order valence-electron chi connectivity index (χ2n) is 6.23. The number of rotatable bonds is 6. The highest BCUT2D eigenvalue weighted by Crippen LogP contribution is 2.11. The third kappa shape index (κ3) is 4.44. The summed E-state index contributed by atoms with van der Waals surface area (Å²) in [5.41, 5.74) is 1.71. The summed E-state index contributed by atoms with van der Waals surface area (Å²) >= 11 is 0. The Balaban J connectivity index is 1.41. The summed E-state index contributed by atoms with van der Waals surface area (Å²) in [6, 6.07) is 15.9. The Morgan fingerprint density at radius 3 is 2.76 bits per heavy atom. The molecule has 4 aromatic rings. The van der Waals surface area contributed by atoms with Crippen molar-refractivity contribution in [3.05, 3.63) is 94.4 Å². The van der Waals surface area contributed by atoms with E-state index < -0.39 is 5.91 Å². The molecule has 4 rings (SSSR count). The first-order valence-electron chi connectivity index (χ1n) is 8.94. The summed E-state index contributed by atoms with van der Waals surface area (Å²) in [4.78, 5) is 39.6. The van der Waals surface area contributed by atoms with Gasteiger partial charge in [0.1, 0.15) is 6.61 Å². The Morgan fingerprint density at radius 1 is 1.03 bits per heavy atom. The van der Waals surface area contributed by atoms with E-state index in [-0.39, 0.29) is 17.9 Å². The van der Waals surface area contributed by atoms with Crippen LogP contribution in [0.25, 0.3) is 10.9 Å². The van der Waals surface area contributed by atoms with E-state index in [1.807, 2.05) is 18.2 Å². The summed E-state index contributed by atoms with van der Waals surface area (Å²) in [6.45, 7) is 0.531. The Morgan fingerprint density at radius 2 is 1.90 bits per heavy atom. The van der Waals surface area contributed by atoms with Gasteiger partial charge < -0.3 is 15.0 Å². The third-order valence-corrected chi connectivity index (χ3v) is 4.17. The molecule has 0 aliphatic carbocycles. The van der Waals surface area contributed by atoms with Gasteiger partial charge in [-0.25, -0.2) is 9.97 Å². The molecule has 0 radical (unpaired) electrons. The minimum Gasteiger partial charge on any atom is -0.471 e. The molecule has 0 saturated heterocycles. The molecular formula is C21H17N5O3. The summed E-state index contributed by atoms with van der Waals surface area (Å²) in [5.74, 6) is -0.0744. The van der Waals surface area contributed by atoms with Gasteiger partial charge in [0.05, 0.1) is 16.6 Å². The average Bonchev–Trinajstić information content (AvgIpc) is 2.77. The molecular weight excluding hydrogens is 370 g/mol. The minimum atomic E-state index is -0.472. The van der Waals surface area contributed by atoms with Crippen molar-refractivity contribution < 1.29 is 9.53 Å². The van der Waals surface area contributed by atoms with E-state index in [0.717, 1.165) is 11.3 Å². The minimum absolute atomic E-state index is 0.0330. The molecule has 0 bridgehead atoms. The zero-order valence-corrected chi connectivity index (χ0v) is 15.3. The van der Waals surface area contributed by atoms with Crippen molar-refractivity contribution in [2.45, 2.75) is 13.2 Å². The van der Waals surface area contributed by atoms with Crippen LogP contribution in [0.4, 0.5) is 0 Å². The number of carbonyl (C=O) groups excluding carboxylic acids is 1. The van der Waals surface area contributed by atoms with Crippen LogP contribution in [0.3, 0.4) is 0 Å². The number of H-pyrrole nitrogens is 1. The first-order chi connectivity index (χ1) is 14.2. The van der Waals surface area contributed by atoms with Crippen LogP contribution in [-0.4, -0.2) is 25.8 Å². The van der Waals surface area contributed by atoms with Crippen molar-refractivity contribution in [2.75, 3.05) is 0 Å². The number of fused-ring (bicyclic) bond motifs is 1. The van der Waals surface area contributed by atoms with Gasteiger partial charge in [-0.05, 0) is 35.9 Å². The fourth-order valence-electron chi connectivity index (χ4n) is 2.73. The smallest absolute Gasteiger partial charge is 0.287 e. The van der Waals surface area contributed by atoms with Crippen molar-refractivity contribution in [1.29, 1.82) is 0 Å². The molecule has 1 amide bonds. The molecule has 8 heteroatoms. The number of hydrogen-bond acceptors (Lipinski definition) is 6. The highest BCUT2D eigenvalue weighted by molar-refractivity contribution is 5.92. The molecule has 8 nitrogen and oxygen atoms in total. The fraction of sp³-hybridized carbons (Fsp3) is 0.0952. The van der Waals surface area contributed by atoms with Gasteiger partial charge >= 0.3 is 0 Å². The van der Waals surface area contributed by atoms with E-state index in [2.05, 4.69) is 25.3 Å². The average molecular weight is 387 g/mol. The third-order valence-electron chi connectivity index (χ3n) is 4.17. The molecule has 0 saturated carbocycles. The van der Waals surface area contributed by atoms with Gasteiger partial charge in [-0.2, -0.15) is 0 Å². The van der Waals surface area contributed by atoms with Crippen LogP contribution in [-0.2, 0) is 13.2 Å². The Bertz CT molecular complexity index is 1210. The highest BCUT2D eigenvalue weighted by Gasteiger charge is 2.11. The van der Waals surface area contributed by atoms with Gasteiger partial charge in [0, 0.05) is 25.0 Å². The SMILES string of the molecule is O=C(NCc1ccnc(OCc2ccccn2)c1)c1nc2ccccc2c(=O)[nH]1. The quantitative estimate of drug-likeness (QED) is 0.525. The number of carbonyl (C=O) groups is 1. The normalized spacial score (nSPS) is 10.6. The van der Waals surface area contributed by atoms with Crippen LogP contribution in [0.2, 0.25) is 0 Å². The first kappa shape index (κ1) is 18.3. The second-order valence-corrected chi connectivity index (χ2v) is 6.23. The predicted molar refractivity (Wildman–Crippen MR) is 106 cm³/mol. The molecule has 0 fully saturated rings.